The van der Waals surface area contributed by atoms with Crippen molar-refractivity contribution < 1.29 is 18.8 Å². The zero-order chi connectivity index (χ0) is 19.6. The molecule has 0 radical (unpaired) electrons. The van der Waals surface area contributed by atoms with Gasteiger partial charge in [0.25, 0.3) is 5.91 Å². The number of carbonyl (C=O) groups is 3. The molecule has 4 amide bonds. The second-order valence-electron chi connectivity index (χ2n) is 6.88. The molecule has 1 atom stereocenters. The predicted molar refractivity (Wildman–Crippen MR) is 98.9 cm³/mol. The zero-order valence-corrected chi connectivity index (χ0v) is 15.7. The Morgan fingerprint density at radius 2 is 1.93 bits per heavy atom. The monoisotopic (exact) mass is 369 g/mol. The van der Waals surface area contributed by atoms with Crippen molar-refractivity contribution in [2.24, 2.45) is 0 Å². The summed E-state index contributed by atoms with van der Waals surface area (Å²) in [5.41, 5.74) is 1.01. The van der Waals surface area contributed by atoms with Crippen LogP contribution in [-0.4, -0.2) is 35.8 Å². The number of benzene rings is 1. The minimum atomic E-state index is -1.30. The number of nitrogens with zero attached hydrogens (tertiary/aromatic N) is 1. The van der Waals surface area contributed by atoms with Gasteiger partial charge >= 0.3 is 6.03 Å². The third-order valence-electron chi connectivity index (χ3n) is 4.79. The average Bonchev–Trinajstić information content (AvgIpc) is 3.15. The van der Waals surface area contributed by atoms with Crippen LogP contribution in [0.15, 0.2) is 40.8 Å². The van der Waals surface area contributed by atoms with E-state index in [0.29, 0.717) is 24.5 Å². The van der Waals surface area contributed by atoms with Crippen molar-refractivity contribution in [3.63, 3.8) is 0 Å². The van der Waals surface area contributed by atoms with Crippen LogP contribution in [0.25, 0.3) is 0 Å². The van der Waals surface area contributed by atoms with Crippen molar-refractivity contribution in [1.29, 1.82) is 0 Å². The summed E-state index contributed by atoms with van der Waals surface area (Å²) in [6.45, 7) is 5.45. The van der Waals surface area contributed by atoms with Crippen LogP contribution in [-0.2, 0) is 21.5 Å². The number of rotatable bonds is 6. The number of hydrogen-bond donors (Lipinski definition) is 2. The highest BCUT2D eigenvalue weighted by Crippen LogP contribution is 2.29. The van der Waals surface area contributed by atoms with Crippen LogP contribution in [0.2, 0.25) is 0 Å². The maximum Gasteiger partial charge on any atom is 0.325 e. The smallest absolute Gasteiger partial charge is 0.325 e. The second-order valence-corrected chi connectivity index (χ2v) is 6.88. The van der Waals surface area contributed by atoms with Gasteiger partial charge in [-0.1, -0.05) is 24.3 Å². The van der Waals surface area contributed by atoms with Crippen LogP contribution >= 0.6 is 0 Å². The van der Waals surface area contributed by atoms with Gasteiger partial charge in [0.1, 0.15) is 18.1 Å². The van der Waals surface area contributed by atoms with E-state index in [-0.39, 0.29) is 12.5 Å². The molecule has 2 aromatic rings. The molecule has 2 N–H and O–H groups in total. The van der Waals surface area contributed by atoms with Gasteiger partial charge in [-0.15, -0.1) is 0 Å². The Balaban J connectivity index is 1.58. The fraction of sp³-hybridized carbons (Fsp3) is 0.350. The second kappa shape index (κ2) is 7.26. The highest BCUT2D eigenvalue weighted by molar-refractivity contribution is 6.08. The Labute approximate surface area is 157 Å². The van der Waals surface area contributed by atoms with Gasteiger partial charge in [-0.2, -0.15) is 0 Å². The minimum Gasteiger partial charge on any atom is -0.463 e. The van der Waals surface area contributed by atoms with E-state index in [4.69, 9.17) is 4.42 Å². The molecule has 27 heavy (non-hydrogen) atoms. The van der Waals surface area contributed by atoms with Gasteiger partial charge in [0, 0.05) is 6.54 Å². The zero-order valence-electron chi connectivity index (χ0n) is 15.7. The van der Waals surface area contributed by atoms with Gasteiger partial charge < -0.3 is 15.1 Å². The molecule has 1 aliphatic rings. The van der Waals surface area contributed by atoms with Crippen LogP contribution in [0.1, 0.15) is 29.6 Å². The maximum absolute atomic E-state index is 12.7. The predicted octanol–water partition coefficient (Wildman–Crippen LogP) is 2.02. The van der Waals surface area contributed by atoms with Crippen molar-refractivity contribution in [3.8, 4) is 0 Å². The summed E-state index contributed by atoms with van der Waals surface area (Å²) in [4.78, 5) is 38.1. The molecule has 1 saturated heterocycles. The van der Waals surface area contributed by atoms with Crippen molar-refractivity contribution in [2.45, 2.75) is 32.7 Å². The number of furan rings is 1. The molecule has 1 aromatic heterocycles. The molecule has 7 heteroatoms. The summed E-state index contributed by atoms with van der Waals surface area (Å²) in [7, 11) is 0. The largest absolute Gasteiger partial charge is 0.463 e. The van der Waals surface area contributed by atoms with Gasteiger partial charge in [0.2, 0.25) is 5.91 Å². The van der Waals surface area contributed by atoms with E-state index >= 15 is 0 Å². The van der Waals surface area contributed by atoms with Gasteiger partial charge in [0.05, 0.1) is 0 Å². The van der Waals surface area contributed by atoms with Crippen LogP contribution in [0.4, 0.5) is 4.79 Å². The Morgan fingerprint density at radius 1 is 1.19 bits per heavy atom. The molecule has 3 rings (SSSR count). The lowest BCUT2D eigenvalue weighted by Crippen LogP contribution is -2.43. The molecule has 0 aliphatic carbocycles. The fourth-order valence-electron chi connectivity index (χ4n) is 3.14. The van der Waals surface area contributed by atoms with Crippen molar-refractivity contribution in [2.75, 3.05) is 13.1 Å². The summed E-state index contributed by atoms with van der Waals surface area (Å²) in [5.74, 6) is 0.101. The van der Waals surface area contributed by atoms with Crippen molar-refractivity contribution in [3.05, 3.63) is 59.0 Å². The number of carbonyl (C=O) groups excluding carboxylic acids is 3. The molecule has 0 unspecified atom stereocenters. The first-order chi connectivity index (χ1) is 12.8. The summed E-state index contributed by atoms with van der Waals surface area (Å²) < 4.78 is 5.50. The lowest BCUT2D eigenvalue weighted by molar-refractivity contribution is -0.135. The van der Waals surface area contributed by atoms with Crippen molar-refractivity contribution in [1.82, 2.24) is 15.5 Å². The maximum atomic E-state index is 12.7. The van der Waals surface area contributed by atoms with E-state index in [2.05, 4.69) is 10.6 Å². The van der Waals surface area contributed by atoms with Gasteiger partial charge in [-0.3, -0.25) is 14.5 Å². The standard InChI is InChI=1S/C20H23N3O4/c1-13-6-4-5-7-15(13)10-11-21-17(24)12-23-18(25)20(3,22-19(23)26)16-9-8-14(2)27-16/h4-9H,10-12H2,1-3H3,(H,21,24)(H,22,26)/t20-/m0/s1. The van der Waals surface area contributed by atoms with Gasteiger partial charge in [0.15, 0.2) is 5.54 Å². The molecular weight excluding hydrogens is 346 g/mol. The number of nitrogens with one attached hydrogen (secondary N) is 2. The number of aryl methyl sites for hydroxylation is 2. The lowest BCUT2D eigenvalue weighted by atomic mass is 9.99. The molecule has 0 saturated carbocycles. The molecule has 0 spiro atoms. The minimum absolute atomic E-state index is 0.326. The number of imide groups is 1. The van der Waals surface area contributed by atoms with E-state index in [1.54, 1.807) is 26.0 Å². The number of urea groups is 1. The molecule has 1 fully saturated rings. The van der Waals surface area contributed by atoms with Crippen molar-refractivity contribution >= 4 is 17.8 Å². The molecule has 1 aromatic carbocycles. The Kier molecular flexibility index (Phi) is 5.03. The first-order valence-corrected chi connectivity index (χ1v) is 8.83. The first kappa shape index (κ1) is 18.7. The summed E-state index contributed by atoms with van der Waals surface area (Å²) >= 11 is 0. The van der Waals surface area contributed by atoms with Crippen LogP contribution in [0.5, 0.6) is 0 Å². The third kappa shape index (κ3) is 3.72. The number of hydrogen-bond acceptors (Lipinski definition) is 4. The highest BCUT2D eigenvalue weighted by atomic mass is 16.3. The molecule has 142 valence electrons. The lowest BCUT2D eigenvalue weighted by Gasteiger charge is -2.19. The van der Waals surface area contributed by atoms with Crippen LogP contribution < -0.4 is 10.6 Å². The fourth-order valence-corrected chi connectivity index (χ4v) is 3.14. The summed E-state index contributed by atoms with van der Waals surface area (Å²) in [6.07, 6.45) is 0.682. The molecule has 2 heterocycles. The Hall–Kier alpha value is -3.09. The van der Waals surface area contributed by atoms with Gasteiger partial charge in [-0.05, 0) is 50.5 Å². The quantitative estimate of drug-likeness (QED) is 0.762. The first-order valence-electron chi connectivity index (χ1n) is 8.83. The molecular formula is C20H23N3O4. The molecule has 7 nitrogen and oxygen atoms in total. The van der Waals surface area contributed by atoms with Crippen LogP contribution in [0, 0.1) is 13.8 Å². The molecule has 1 aliphatic heterocycles. The van der Waals surface area contributed by atoms with E-state index < -0.39 is 17.5 Å². The highest BCUT2D eigenvalue weighted by Gasteiger charge is 2.51. The number of amides is 4. The van der Waals surface area contributed by atoms with E-state index in [0.717, 1.165) is 16.0 Å². The Bertz CT molecular complexity index is 889. The summed E-state index contributed by atoms with van der Waals surface area (Å²) in [5, 5.41) is 5.38. The SMILES string of the molecule is Cc1ccc([C@]2(C)NC(=O)N(CC(=O)NCCc3ccccc3C)C2=O)o1. The summed E-state index contributed by atoms with van der Waals surface area (Å²) in [6, 6.07) is 10.7. The van der Waals surface area contributed by atoms with E-state index in [1.807, 2.05) is 31.2 Å². The Morgan fingerprint density at radius 3 is 2.59 bits per heavy atom. The molecule has 0 bridgehead atoms. The average molecular weight is 369 g/mol. The van der Waals surface area contributed by atoms with E-state index in [9.17, 15) is 14.4 Å². The normalized spacial score (nSPS) is 19.3. The van der Waals surface area contributed by atoms with Crippen LogP contribution in [0.3, 0.4) is 0 Å². The topological polar surface area (TPSA) is 91.7 Å². The van der Waals surface area contributed by atoms with Gasteiger partial charge in [-0.25, -0.2) is 4.79 Å². The van der Waals surface area contributed by atoms with E-state index in [1.165, 1.54) is 0 Å². The third-order valence-corrected chi connectivity index (χ3v) is 4.79.